The second kappa shape index (κ2) is 8.39. The van der Waals surface area contributed by atoms with Crippen LogP contribution in [0.2, 0.25) is 0 Å². The molecule has 1 amide bonds. The first kappa shape index (κ1) is 17.9. The zero-order valence-electron chi connectivity index (χ0n) is 14.8. The van der Waals surface area contributed by atoms with Gasteiger partial charge in [-0.15, -0.1) is 0 Å². The van der Waals surface area contributed by atoms with Gasteiger partial charge < -0.3 is 9.47 Å². The van der Waals surface area contributed by atoms with Gasteiger partial charge in [-0.1, -0.05) is 38.1 Å². The van der Waals surface area contributed by atoms with E-state index in [2.05, 4.69) is 42.1 Å². The van der Waals surface area contributed by atoms with Gasteiger partial charge in [0.05, 0.1) is 12.8 Å². The Kier molecular flexibility index (Phi) is 6.24. The molecule has 0 unspecified atom stereocenters. The first-order valence-electron chi connectivity index (χ1n) is 8.26. The van der Waals surface area contributed by atoms with Crippen LogP contribution in [0.1, 0.15) is 36.1 Å². The number of nitrogens with one attached hydrogen (secondary N) is 1. The van der Waals surface area contributed by atoms with E-state index in [4.69, 9.17) is 4.74 Å². The minimum absolute atomic E-state index is 0.388. The topological polar surface area (TPSA) is 47.6 Å². The van der Waals surface area contributed by atoms with E-state index < -0.39 is 6.09 Å². The van der Waals surface area contributed by atoms with Crippen LogP contribution in [0.25, 0.3) is 0 Å². The second-order valence-corrected chi connectivity index (χ2v) is 5.70. The monoisotopic (exact) mass is 327 g/mol. The van der Waals surface area contributed by atoms with Gasteiger partial charge in [-0.05, 0) is 48.6 Å². The van der Waals surface area contributed by atoms with Crippen LogP contribution in [-0.2, 0) is 24.2 Å². The van der Waals surface area contributed by atoms with Gasteiger partial charge in [0.2, 0.25) is 0 Å². The normalized spacial score (nSPS) is 10.3. The lowest BCUT2D eigenvalue weighted by Gasteiger charge is -2.15. The molecule has 0 radical (unpaired) electrons. The fourth-order valence-electron chi connectivity index (χ4n) is 2.52. The zero-order valence-corrected chi connectivity index (χ0v) is 14.8. The third-order valence-corrected chi connectivity index (χ3v) is 4.03. The molecule has 0 aromatic heterocycles. The Bertz CT molecular complexity index is 710. The van der Waals surface area contributed by atoms with Crippen LogP contribution in [0.5, 0.6) is 5.75 Å². The van der Waals surface area contributed by atoms with Crippen molar-refractivity contribution in [2.24, 2.45) is 0 Å². The minimum Gasteiger partial charge on any atom is -0.489 e. The molecule has 0 bridgehead atoms. The van der Waals surface area contributed by atoms with Crippen molar-refractivity contribution in [3.05, 3.63) is 58.7 Å². The third-order valence-electron chi connectivity index (χ3n) is 4.03. The molecule has 0 saturated carbocycles. The van der Waals surface area contributed by atoms with Gasteiger partial charge >= 0.3 is 6.09 Å². The van der Waals surface area contributed by atoms with Crippen molar-refractivity contribution < 1.29 is 14.3 Å². The van der Waals surface area contributed by atoms with Crippen LogP contribution in [0.3, 0.4) is 0 Å². The van der Waals surface area contributed by atoms with E-state index >= 15 is 0 Å². The van der Waals surface area contributed by atoms with Gasteiger partial charge in [0.15, 0.2) is 0 Å². The number of carbonyl (C=O) groups excluding carboxylic acids is 1. The van der Waals surface area contributed by atoms with Crippen molar-refractivity contribution in [1.29, 1.82) is 0 Å². The maximum absolute atomic E-state index is 11.5. The number of benzene rings is 2. The summed E-state index contributed by atoms with van der Waals surface area (Å²) in [5.74, 6) is 0.859. The fourth-order valence-corrected chi connectivity index (χ4v) is 2.52. The Morgan fingerprint density at radius 2 is 1.71 bits per heavy atom. The molecule has 0 saturated heterocycles. The summed E-state index contributed by atoms with van der Waals surface area (Å²) in [6.45, 7) is 6.67. The molecule has 24 heavy (non-hydrogen) atoms. The molecule has 0 atom stereocenters. The number of amides is 1. The highest BCUT2D eigenvalue weighted by molar-refractivity contribution is 5.85. The lowest BCUT2D eigenvalue weighted by atomic mass is 10.1. The molecule has 0 fully saturated rings. The summed E-state index contributed by atoms with van der Waals surface area (Å²) in [6, 6.07) is 12.2. The van der Waals surface area contributed by atoms with Crippen LogP contribution in [0.15, 0.2) is 36.4 Å². The van der Waals surface area contributed by atoms with E-state index in [-0.39, 0.29) is 0 Å². The Morgan fingerprint density at radius 1 is 1.04 bits per heavy atom. The van der Waals surface area contributed by atoms with Gasteiger partial charge in [0, 0.05) is 5.56 Å². The number of hydrogen-bond acceptors (Lipinski definition) is 3. The van der Waals surface area contributed by atoms with Gasteiger partial charge in [0.1, 0.15) is 12.4 Å². The SMILES string of the molecule is CCc1ccc(OCc2cc(CC)ccc2NC(=O)OC)c(C)c1. The molecule has 4 nitrogen and oxygen atoms in total. The molecule has 0 aliphatic heterocycles. The van der Waals surface area contributed by atoms with Gasteiger partial charge in [0.25, 0.3) is 0 Å². The molecule has 0 heterocycles. The van der Waals surface area contributed by atoms with Crippen molar-refractivity contribution >= 4 is 11.8 Å². The van der Waals surface area contributed by atoms with Crippen LogP contribution in [0.4, 0.5) is 10.5 Å². The van der Waals surface area contributed by atoms with Gasteiger partial charge in [-0.3, -0.25) is 5.32 Å². The van der Waals surface area contributed by atoms with Crippen LogP contribution < -0.4 is 10.1 Å². The predicted molar refractivity (Wildman–Crippen MR) is 96.7 cm³/mol. The summed E-state index contributed by atoms with van der Waals surface area (Å²) >= 11 is 0. The molecule has 2 rings (SSSR count). The largest absolute Gasteiger partial charge is 0.489 e. The Labute approximate surface area is 143 Å². The van der Waals surface area contributed by atoms with Crippen LogP contribution in [0, 0.1) is 6.92 Å². The average Bonchev–Trinajstić information content (AvgIpc) is 2.61. The van der Waals surface area contributed by atoms with Crippen LogP contribution in [-0.4, -0.2) is 13.2 Å². The number of anilines is 1. The summed E-state index contributed by atoms with van der Waals surface area (Å²) in [5.41, 5.74) is 5.24. The Morgan fingerprint density at radius 3 is 2.33 bits per heavy atom. The van der Waals surface area contributed by atoms with Crippen molar-refractivity contribution in [1.82, 2.24) is 0 Å². The summed E-state index contributed by atoms with van der Waals surface area (Å²) < 4.78 is 10.7. The van der Waals surface area contributed by atoms with E-state index in [0.29, 0.717) is 12.3 Å². The van der Waals surface area contributed by atoms with Gasteiger partial charge in [-0.25, -0.2) is 4.79 Å². The van der Waals surface area contributed by atoms with E-state index in [1.54, 1.807) is 0 Å². The highest BCUT2D eigenvalue weighted by Crippen LogP contribution is 2.24. The molecule has 0 aliphatic carbocycles. The molecule has 0 aliphatic rings. The first-order valence-corrected chi connectivity index (χ1v) is 8.26. The Hall–Kier alpha value is -2.49. The molecule has 1 N–H and O–H groups in total. The molecule has 0 spiro atoms. The van der Waals surface area contributed by atoms with Crippen molar-refractivity contribution in [3.63, 3.8) is 0 Å². The third kappa shape index (κ3) is 4.51. The first-order chi connectivity index (χ1) is 11.6. The zero-order chi connectivity index (χ0) is 17.5. The molecule has 2 aromatic carbocycles. The highest BCUT2D eigenvalue weighted by atomic mass is 16.5. The Balaban J connectivity index is 2.19. The number of carbonyl (C=O) groups is 1. The number of ether oxygens (including phenoxy) is 2. The molecule has 128 valence electrons. The minimum atomic E-state index is -0.482. The lowest BCUT2D eigenvalue weighted by molar-refractivity contribution is 0.187. The van der Waals surface area contributed by atoms with E-state index in [1.807, 2.05) is 25.1 Å². The van der Waals surface area contributed by atoms with Gasteiger partial charge in [-0.2, -0.15) is 0 Å². The number of methoxy groups -OCH3 is 1. The number of hydrogen-bond donors (Lipinski definition) is 1. The summed E-state index contributed by atoms with van der Waals surface area (Å²) in [5, 5.41) is 2.74. The molecule has 4 heteroatoms. The fraction of sp³-hybridized carbons (Fsp3) is 0.350. The lowest BCUT2D eigenvalue weighted by Crippen LogP contribution is -2.13. The summed E-state index contributed by atoms with van der Waals surface area (Å²) in [6.07, 6.45) is 1.45. The number of aryl methyl sites for hydroxylation is 3. The van der Waals surface area contributed by atoms with Crippen molar-refractivity contribution in [2.45, 2.75) is 40.2 Å². The summed E-state index contributed by atoms with van der Waals surface area (Å²) in [4.78, 5) is 11.5. The van der Waals surface area contributed by atoms with E-state index in [1.165, 1.54) is 18.2 Å². The average molecular weight is 327 g/mol. The molecular formula is C20H25NO3. The molecular weight excluding hydrogens is 302 g/mol. The van der Waals surface area contributed by atoms with Crippen molar-refractivity contribution in [3.8, 4) is 5.75 Å². The van der Waals surface area contributed by atoms with Crippen LogP contribution >= 0.6 is 0 Å². The second-order valence-electron chi connectivity index (χ2n) is 5.70. The predicted octanol–water partition coefficient (Wildman–Crippen LogP) is 4.88. The maximum Gasteiger partial charge on any atom is 0.411 e. The smallest absolute Gasteiger partial charge is 0.411 e. The quantitative estimate of drug-likeness (QED) is 0.823. The van der Waals surface area contributed by atoms with Crippen molar-refractivity contribution in [2.75, 3.05) is 12.4 Å². The highest BCUT2D eigenvalue weighted by Gasteiger charge is 2.09. The standard InChI is InChI=1S/C20H25NO3/c1-5-15-8-10-19(14(3)11-15)24-13-17-12-16(6-2)7-9-18(17)21-20(22)23-4/h7-12H,5-6,13H2,1-4H3,(H,21,22). The van der Waals surface area contributed by atoms with E-state index in [0.717, 1.165) is 29.7 Å². The summed E-state index contributed by atoms with van der Waals surface area (Å²) in [7, 11) is 1.35. The van der Waals surface area contributed by atoms with E-state index in [9.17, 15) is 4.79 Å². The number of rotatable bonds is 6. The molecule has 2 aromatic rings. The maximum atomic E-state index is 11.5.